The Balaban J connectivity index is 1.99. The molecule has 0 saturated carbocycles. The Bertz CT molecular complexity index is 404. The summed E-state index contributed by atoms with van der Waals surface area (Å²) in [5.41, 5.74) is 1.23. The molecular formula is C15H28N4O. The summed E-state index contributed by atoms with van der Waals surface area (Å²) < 4.78 is 7.06. The van der Waals surface area contributed by atoms with Crippen molar-refractivity contribution in [3.63, 3.8) is 0 Å². The summed E-state index contributed by atoms with van der Waals surface area (Å²) in [6.07, 6.45) is 5.33. The van der Waals surface area contributed by atoms with E-state index >= 15 is 0 Å². The van der Waals surface area contributed by atoms with Crippen LogP contribution in [0.4, 0.5) is 5.69 Å². The maximum atomic E-state index is 5.10. The molecular weight excluding hydrogens is 252 g/mol. The van der Waals surface area contributed by atoms with E-state index in [0.29, 0.717) is 18.7 Å². The van der Waals surface area contributed by atoms with E-state index in [9.17, 15) is 0 Å². The number of methoxy groups -OCH3 is 1. The maximum Gasteiger partial charge on any atom is 0.0755 e. The van der Waals surface area contributed by atoms with Crippen LogP contribution in [0, 0.1) is 5.92 Å². The van der Waals surface area contributed by atoms with E-state index in [1.807, 2.05) is 10.9 Å². The number of hydrogen-bond acceptors (Lipinski definition) is 4. The monoisotopic (exact) mass is 280 g/mol. The normalized spacial score (nSPS) is 23.6. The van der Waals surface area contributed by atoms with Gasteiger partial charge in [-0.1, -0.05) is 13.8 Å². The lowest BCUT2D eigenvalue weighted by molar-refractivity contribution is 0.183. The first-order chi connectivity index (χ1) is 9.60. The zero-order valence-electron chi connectivity index (χ0n) is 13.2. The summed E-state index contributed by atoms with van der Waals surface area (Å²) in [4.78, 5) is 2.47. The van der Waals surface area contributed by atoms with E-state index in [1.165, 1.54) is 12.1 Å². The first-order valence-corrected chi connectivity index (χ1v) is 7.61. The van der Waals surface area contributed by atoms with Crippen LogP contribution >= 0.6 is 0 Å². The van der Waals surface area contributed by atoms with E-state index < -0.39 is 0 Å². The van der Waals surface area contributed by atoms with Gasteiger partial charge in [0.25, 0.3) is 0 Å². The highest BCUT2D eigenvalue weighted by Crippen LogP contribution is 2.21. The molecule has 2 heterocycles. The van der Waals surface area contributed by atoms with Crippen molar-refractivity contribution in [2.45, 2.75) is 45.8 Å². The van der Waals surface area contributed by atoms with Crippen LogP contribution < -0.4 is 10.2 Å². The second-order valence-electron chi connectivity index (χ2n) is 6.19. The molecule has 2 rings (SSSR count). The van der Waals surface area contributed by atoms with Gasteiger partial charge in [-0.3, -0.25) is 4.68 Å². The number of nitrogens with one attached hydrogen (secondary N) is 1. The molecule has 1 N–H and O–H groups in total. The van der Waals surface area contributed by atoms with Gasteiger partial charge < -0.3 is 15.0 Å². The van der Waals surface area contributed by atoms with E-state index in [1.54, 1.807) is 7.11 Å². The Hall–Kier alpha value is -1.07. The number of rotatable bonds is 6. The van der Waals surface area contributed by atoms with Gasteiger partial charge in [-0.2, -0.15) is 5.10 Å². The van der Waals surface area contributed by atoms with Gasteiger partial charge in [0.2, 0.25) is 0 Å². The van der Waals surface area contributed by atoms with Gasteiger partial charge >= 0.3 is 0 Å². The maximum absolute atomic E-state index is 5.10. The fourth-order valence-electron chi connectivity index (χ4n) is 2.82. The number of ether oxygens (including phenoxy) is 1. The van der Waals surface area contributed by atoms with Crippen LogP contribution in [0.2, 0.25) is 0 Å². The number of anilines is 1. The van der Waals surface area contributed by atoms with Crippen molar-refractivity contribution in [3.05, 3.63) is 12.4 Å². The van der Waals surface area contributed by atoms with Gasteiger partial charge in [-0.15, -0.1) is 0 Å². The molecule has 0 bridgehead atoms. The summed E-state index contributed by atoms with van der Waals surface area (Å²) in [7, 11) is 1.72. The van der Waals surface area contributed by atoms with Gasteiger partial charge in [-0.25, -0.2) is 0 Å². The van der Waals surface area contributed by atoms with Crippen molar-refractivity contribution < 1.29 is 4.74 Å². The molecule has 20 heavy (non-hydrogen) atoms. The third kappa shape index (κ3) is 3.96. The molecule has 5 heteroatoms. The highest BCUT2D eigenvalue weighted by Gasteiger charge is 2.26. The van der Waals surface area contributed by atoms with Crippen molar-refractivity contribution in [2.24, 2.45) is 5.92 Å². The zero-order chi connectivity index (χ0) is 14.5. The molecule has 0 amide bonds. The minimum Gasteiger partial charge on any atom is -0.383 e. The summed E-state index contributed by atoms with van der Waals surface area (Å²) in [6.45, 7) is 10.5. The second-order valence-corrected chi connectivity index (χ2v) is 6.19. The Labute approximate surface area is 122 Å². The van der Waals surface area contributed by atoms with Crippen LogP contribution in [-0.2, 0) is 11.3 Å². The molecule has 0 spiro atoms. The largest absolute Gasteiger partial charge is 0.383 e. The topological polar surface area (TPSA) is 42.3 Å². The van der Waals surface area contributed by atoms with Gasteiger partial charge in [0.15, 0.2) is 0 Å². The number of hydrogen-bond donors (Lipinski definition) is 1. The van der Waals surface area contributed by atoms with Crippen molar-refractivity contribution in [1.82, 2.24) is 15.1 Å². The van der Waals surface area contributed by atoms with Crippen LogP contribution in [0.25, 0.3) is 0 Å². The highest BCUT2D eigenvalue weighted by atomic mass is 16.5. The minimum atomic E-state index is 0.512. The molecule has 0 aliphatic carbocycles. The molecule has 1 aliphatic rings. The summed E-state index contributed by atoms with van der Waals surface area (Å²) in [6, 6.07) is 1.09. The molecule has 1 aromatic heterocycles. The van der Waals surface area contributed by atoms with Crippen molar-refractivity contribution in [3.8, 4) is 0 Å². The Morgan fingerprint density at radius 2 is 2.30 bits per heavy atom. The van der Waals surface area contributed by atoms with Gasteiger partial charge in [0.05, 0.1) is 25.0 Å². The second kappa shape index (κ2) is 7.09. The Morgan fingerprint density at radius 1 is 1.50 bits per heavy atom. The molecule has 0 radical (unpaired) electrons. The predicted molar refractivity (Wildman–Crippen MR) is 82.2 cm³/mol. The zero-order valence-corrected chi connectivity index (χ0v) is 13.2. The average Bonchev–Trinajstić information content (AvgIpc) is 2.86. The lowest BCUT2D eigenvalue weighted by Crippen LogP contribution is -2.55. The molecule has 2 unspecified atom stereocenters. The van der Waals surface area contributed by atoms with Crippen molar-refractivity contribution in [2.75, 3.05) is 31.7 Å². The van der Waals surface area contributed by atoms with Gasteiger partial charge in [0.1, 0.15) is 0 Å². The van der Waals surface area contributed by atoms with Crippen molar-refractivity contribution in [1.29, 1.82) is 0 Å². The molecule has 0 aromatic carbocycles. The lowest BCUT2D eigenvalue weighted by atomic mass is 10.00. The third-order valence-corrected chi connectivity index (χ3v) is 3.88. The molecule has 1 saturated heterocycles. The lowest BCUT2D eigenvalue weighted by Gasteiger charge is -2.40. The first kappa shape index (κ1) is 15.3. The van der Waals surface area contributed by atoms with E-state index in [4.69, 9.17) is 4.74 Å². The predicted octanol–water partition coefficient (Wildman–Crippen LogP) is 1.74. The van der Waals surface area contributed by atoms with Crippen LogP contribution in [0.15, 0.2) is 12.4 Å². The number of piperazine rings is 1. The Kier molecular flexibility index (Phi) is 5.43. The third-order valence-electron chi connectivity index (χ3n) is 3.88. The van der Waals surface area contributed by atoms with Crippen molar-refractivity contribution >= 4 is 5.69 Å². The molecule has 1 fully saturated rings. The standard InChI is InChI=1S/C15H28N4O/c1-12(2)7-14-10-19(13(3)8-16-14)15-9-17-18(11-15)5-6-20-4/h9,11-14,16H,5-8,10H2,1-4H3. The highest BCUT2D eigenvalue weighted by molar-refractivity contribution is 5.44. The fourth-order valence-corrected chi connectivity index (χ4v) is 2.82. The fraction of sp³-hybridized carbons (Fsp3) is 0.800. The van der Waals surface area contributed by atoms with Gasteiger partial charge in [0, 0.05) is 38.5 Å². The molecule has 1 aliphatic heterocycles. The van der Waals surface area contributed by atoms with Crippen LogP contribution in [0.1, 0.15) is 27.2 Å². The van der Waals surface area contributed by atoms with Gasteiger partial charge in [-0.05, 0) is 19.3 Å². The quantitative estimate of drug-likeness (QED) is 0.862. The van der Waals surface area contributed by atoms with E-state index in [2.05, 4.69) is 42.3 Å². The SMILES string of the molecule is COCCn1cc(N2CC(CC(C)C)NCC2C)cn1. The number of aromatic nitrogens is 2. The Morgan fingerprint density at radius 3 is 3.00 bits per heavy atom. The van der Waals surface area contributed by atoms with Crippen LogP contribution in [-0.4, -0.2) is 48.7 Å². The molecule has 2 atom stereocenters. The number of nitrogens with zero attached hydrogens (tertiary/aromatic N) is 3. The molecule has 1 aromatic rings. The van der Waals surface area contributed by atoms with E-state index in [0.717, 1.165) is 25.6 Å². The first-order valence-electron chi connectivity index (χ1n) is 7.61. The van der Waals surface area contributed by atoms with E-state index in [-0.39, 0.29) is 0 Å². The van der Waals surface area contributed by atoms with Crippen LogP contribution in [0.5, 0.6) is 0 Å². The van der Waals surface area contributed by atoms with Crippen LogP contribution in [0.3, 0.4) is 0 Å². The summed E-state index contributed by atoms with van der Waals surface area (Å²) >= 11 is 0. The molecule has 5 nitrogen and oxygen atoms in total. The minimum absolute atomic E-state index is 0.512. The molecule has 114 valence electrons. The smallest absolute Gasteiger partial charge is 0.0755 e. The summed E-state index contributed by atoms with van der Waals surface area (Å²) in [5.74, 6) is 0.729. The average molecular weight is 280 g/mol. The summed E-state index contributed by atoms with van der Waals surface area (Å²) in [5, 5.41) is 8.08.